The monoisotopic (exact) mass is 274 g/mol. The summed E-state index contributed by atoms with van der Waals surface area (Å²) in [5.41, 5.74) is 0. The lowest BCUT2D eigenvalue weighted by Crippen LogP contribution is -2.47. The number of carbonyl (C=O) groups excluding carboxylic acids is 1. The molecule has 0 aromatic rings. The summed E-state index contributed by atoms with van der Waals surface area (Å²) < 4.78 is 0. The number of amides is 2. The van der Waals surface area contributed by atoms with E-state index in [1.807, 2.05) is 11.8 Å². The van der Waals surface area contributed by atoms with Crippen LogP contribution >= 0.6 is 11.8 Å². The van der Waals surface area contributed by atoms with Gasteiger partial charge in [0.1, 0.15) is 0 Å². The van der Waals surface area contributed by atoms with E-state index in [1.165, 1.54) is 0 Å². The van der Waals surface area contributed by atoms with Crippen molar-refractivity contribution >= 4 is 23.8 Å². The van der Waals surface area contributed by atoms with Crippen molar-refractivity contribution in [3.63, 3.8) is 0 Å². The van der Waals surface area contributed by atoms with E-state index in [4.69, 9.17) is 5.11 Å². The number of carbonyl (C=O) groups is 2. The number of rotatable bonds is 5. The summed E-state index contributed by atoms with van der Waals surface area (Å²) in [6.07, 6.45) is 5.22. The Kier molecular flexibility index (Phi) is 5.78. The number of carboxylic acids is 1. The van der Waals surface area contributed by atoms with E-state index < -0.39 is 11.9 Å². The van der Waals surface area contributed by atoms with Crippen LogP contribution in [0.2, 0.25) is 0 Å². The van der Waals surface area contributed by atoms with Crippen LogP contribution in [-0.2, 0) is 4.79 Å². The number of hydrogen-bond acceptors (Lipinski definition) is 3. The van der Waals surface area contributed by atoms with Crippen molar-refractivity contribution in [3.05, 3.63) is 0 Å². The van der Waals surface area contributed by atoms with Crippen LogP contribution in [0.15, 0.2) is 0 Å². The molecule has 5 nitrogen and oxygen atoms in total. The number of aliphatic carboxylic acids is 1. The Morgan fingerprint density at radius 2 is 2.00 bits per heavy atom. The summed E-state index contributed by atoms with van der Waals surface area (Å²) in [5.74, 6) is -1.48. The van der Waals surface area contributed by atoms with E-state index in [9.17, 15) is 9.59 Å². The van der Waals surface area contributed by atoms with E-state index in [0.29, 0.717) is 5.25 Å². The fourth-order valence-corrected chi connectivity index (χ4v) is 2.85. The van der Waals surface area contributed by atoms with Gasteiger partial charge in [-0.05, 0) is 39.4 Å². The second kappa shape index (κ2) is 6.87. The van der Waals surface area contributed by atoms with Crippen molar-refractivity contribution in [2.24, 2.45) is 5.92 Å². The highest BCUT2D eigenvalue weighted by atomic mass is 32.2. The van der Waals surface area contributed by atoms with Crippen LogP contribution in [0.5, 0.6) is 0 Å². The fraction of sp³-hybridized carbons (Fsp3) is 0.833. The van der Waals surface area contributed by atoms with Crippen molar-refractivity contribution in [2.45, 2.75) is 50.4 Å². The number of thioether (sulfide) groups is 1. The summed E-state index contributed by atoms with van der Waals surface area (Å²) in [4.78, 5) is 22.5. The van der Waals surface area contributed by atoms with E-state index >= 15 is 0 Å². The summed E-state index contributed by atoms with van der Waals surface area (Å²) in [5, 5.41) is 15.1. The Labute approximate surface area is 112 Å². The van der Waals surface area contributed by atoms with E-state index in [-0.39, 0.29) is 18.1 Å². The molecule has 0 bridgehead atoms. The lowest BCUT2D eigenvalue weighted by Gasteiger charge is -2.20. The molecule has 1 saturated carbocycles. The van der Waals surface area contributed by atoms with E-state index in [2.05, 4.69) is 16.9 Å². The Balaban J connectivity index is 2.31. The van der Waals surface area contributed by atoms with Crippen LogP contribution in [0.4, 0.5) is 4.79 Å². The topological polar surface area (TPSA) is 78.4 Å². The quantitative estimate of drug-likeness (QED) is 0.712. The first-order valence-electron chi connectivity index (χ1n) is 6.26. The lowest BCUT2D eigenvalue weighted by atomic mass is 10.0. The molecule has 0 aliphatic heterocycles. The lowest BCUT2D eigenvalue weighted by molar-refractivity contribution is -0.141. The average Bonchev–Trinajstić information content (AvgIpc) is 2.75. The highest BCUT2D eigenvalue weighted by molar-refractivity contribution is 7.99. The van der Waals surface area contributed by atoms with Gasteiger partial charge in [0.15, 0.2) is 0 Å². The van der Waals surface area contributed by atoms with Crippen molar-refractivity contribution < 1.29 is 14.7 Å². The molecule has 0 aromatic heterocycles. The van der Waals surface area contributed by atoms with E-state index in [0.717, 1.165) is 19.3 Å². The maximum absolute atomic E-state index is 11.7. The number of urea groups is 1. The second-order valence-corrected chi connectivity index (χ2v) is 6.04. The zero-order valence-corrected chi connectivity index (χ0v) is 11.9. The normalized spacial score (nSPS) is 26.4. The van der Waals surface area contributed by atoms with Crippen LogP contribution in [0, 0.1) is 5.92 Å². The van der Waals surface area contributed by atoms with Gasteiger partial charge in [-0.25, -0.2) is 4.79 Å². The van der Waals surface area contributed by atoms with Gasteiger partial charge in [0.2, 0.25) is 0 Å². The first kappa shape index (κ1) is 15.1. The third-order valence-electron chi connectivity index (χ3n) is 3.55. The largest absolute Gasteiger partial charge is 0.481 e. The molecular weight excluding hydrogens is 252 g/mol. The number of hydrogen-bond donors (Lipinski definition) is 3. The summed E-state index contributed by atoms with van der Waals surface area (Å²) in [7, 11) is 0. The minimum atomic E-state index is -0.897. The van der Waals surface area contributed by atoms with Crippen molar-refractivity contribution in [1.82, 2.24) is 10.6 Å². The highest BCUT2D eigenvalue weighted by Crippen LogP contribution is 2.27. The van der Waals surface area contributed by atoms with Crippen molar-refractivity contribution in [1.29, 1.82) is 0 Å². The van der Waals surface area contributed by atoms with Crippen LogP contribution < -0.4 is 10.6 Å². The smallest absolute Gasteiger partial charge is 0.315 e. The molecule has 18 heavy (non-hydrogen) atoms. The second-order valence-electron chi connectivity index (χ2n) is 4.90. The highest BCUT2D eigenvalue weighted by Gasteiger charge is 2.26. The molecule has 1 aliphatic rings. The van der Waals surface area contributed by atoms with Gasteiger partial charge in [-0.2, -0.15) is 11.8 Å². The first-order valence-corrected chi connectivity index (χ1v) is 7.55. The predicted molar refractivity (Wildman–Crippen MR) is 72.9 cm³/mol. The summed E-state index contributed by atoms with van der Waals surface area (Å²) in [6, 6.07) is -0.419. The molecular formula is C12H22N2O3S. The molecule has 0 saturated heterocycles. The molecule has 1 aliphatic carbocycles. The molecule has 4 atom stereocenters. The van der Waals surface area contributed by atoms with Crippen molar-refractivity contribution in [3.8, 4) is 0 Å². The van der Waals surface area contributed by atoms with Crippen LogP contribution in [0.1, 0.15) is 33.1 Å². The minimum Gasteiger partial charge on any atom is -0.481 e. The third kappa shape index (κ3) is 4.40. The Hall–Kier alpha value is -0.910. The van der Waals surface area contributed by atoms with Gasteiger partial charge in [0.05, 0.1) is 5.92 Å². The molecule has 6 heteroatoms. The Morgan fingerprint density at radius 3 is 2.50 bits per heavy atom. The van der Waals surface area contributed by atoms with Gasteiger partial charge >= 0.3 is 12.0 Å². The number of carboxylic acid groups (broad SMARTS) is 1. The standard InChI is InChI=1S/C12H22N2O3S/c1-7(11(15)16)8(2)13-12(17)14-9-4-5-10(6-9)18-3/h7-10H,4-6H2,1-3H3,(H,15,16)(H2,13,14,17). The molecule has 3 N–H and O–H groups in total. The predicted octanol–water partition coefficient (Wildman–Crippen LogP) is 1.68. The van der Waals surface area contributed by atoms with Gasteiger partial charge in [0.25, 0.3) is 0 Å². The molecule has 0 heterocycles. The maximum atomic E-state index is 11.7. The van der Waals surface area contributed by atoms with Gasteiger partial charge in [-0.15, -0.1) is 0 Å². The fourth-order valence-electron chi connectivity index (χ4n) is 2.06. The van der Waals surface area contributed by atoms with Gasteiger partial charge in [-0.1, -0.05) is 0 Å². The van der Waals surface area contributed by atoms with Crippen molar-refractivity contribution in [2.75, 3.05) is 6.26 Å². The molecule has 0 radical (unpaired) electrons. The molecule has 1 rings (SSSR count). The molecule has 1 fully saturated rings. The van der Waals surface area contributed by atoms with Crippen LogP contribution in [-0.4, -0.2) is 40.7 Å². The summed E-state index contributed by atoms with van der Waals surface area (Å²) >= 11 is 1.84. The first-order chi connectivity index (χ1) is 8.43. The summed E-state index contributed by atoms with van der Waals surface area (Å²) in [6.45, 7) is 3.30. The molecule has 2 amide bonds. The maximum Gasteiger partial charge on any atom is 0.315 e. The number of nitrogens with one attached hydrogen (secondary N) is 2. The van der Waals surface area contributed by atoms with Gasteiger partial charge < -0.3 is 15.7 Å². The minimum absolute atomic E-state index is 0.217. The van der Waals surface area contributed by atoms with Crippen LogP contribution in [0.25, 0.3) is 0 Å². The van der Waals surface area contributed by atoms with Gasteiger partial charge in [-0.3, -0.25) is 4.79 Å². The van der Waals surface area contributed by atoms with E-state index in [1.54, 1.807) is 13.8 Å². The molecule has 104 valence electrons. The average molecular weight is 274 g/mol. The molecule has 4 unspecified atom stereocenters. The molecule has 0 aromatic carbocycles. The SMILES string of the molecule is CSC1CCC(NC(=O)NC(C)C(C)C(=O)O)C1. The molecule has 0 spiro atoms. The third-order valence-corrected chi connectivity index (χ3v) is 4.65. The van der Waals surface area contributed by atoms with Crippen LogP contribution in [0.3, 0.4) is 0 Å². The zero-order chi connectivity index (χ0) is 13.7. The van der Waals surface area contributed by atoms with Gasteiger partial charge in [0, 0.05) is 17.3 Å². The Bertz CT molecular complexity index is 312. The Morgan fingerprint density at radius 1 is 1.33 bits per heavy atom. The zero-order valence-electron chi connectivity index (χ0n) is 11.1.